The van der Waals surface area contributed by atoms with Crippen molar-refractivity contribution in [2.75, 3.05) is 7.05 Å². The van der Waals surface area contributed by atoms with E-state index in [2.05, 4.69) is 10.2 Å². The van der Waals surface area contributed by atoms with Gasteiger partial charge in [-0.3, -0.25) is 5.10 Å². The Morgan fingerprint density at radius 2 is 1.78 bits per heavy atom. The molecule has 0 spiro atoms. The van der Waals surface area contributed by atoms with E-state index in [4.69, 9.17) is 0 Å². The summed E-state index contributed by atoms with van der Waals surface area (Å²) in [7, 11) is -1.98. The van der Waals surface area contributed by atoms with Crippen molar-refractivity contribution in [2.45, 2.75) is 25.3 Å². The van der Waals surface area contributed by atoms with Gasteiger partial charge < -0.3 is 0 Å². The minimum absolute atomic E-state index is 0.291. The van der Waals surface area contributed by atoms with Crippen molar-refractivity contribution in [1.29, 1.82) is 0 Å². The fraction of sp³-hybridized carbons (Fsp3) is 0.235. The number of rotatable bonds is 4. The van der Waals surface area contributed by atoms with Crippen LogP contribution < -0.4 is 0 Å². The van der Waals surface area contributed by atoms with Gasteiger partial charge in [0.05, 0.1) is 10.6 Å². The lowest BCUT2D eigenvalue weighted by Crippen LogP contribution is -2.27. The number of fused-ring (bicyclic) bond motifs is 1. The van der Waals surface area contributed by atoms with E-state index in [9.17, 15) is 8.42 Å². The van der Waals surface area contributed by atoms with Crippen molar-refractivity contribution in [1.82, 2.24) is 14.5 Å². The predicted molar refractivity (Wildman–Crippen MR) is 90.7 cm³/mol. The summed E-state index contributed by atoms with van der Waals surface area (Å²) in [6.07, 6.45) is 0. The molecule has 0 aliphatic heterocycles. The zero-order valence-corrected chi connectivity index (χ0v) is 14.2. The van der Waals surface area contributed by atoms with Crippen molar-refractivity contribution in [3.05, 3.63) is 59.4 Å². The van der Waals surface area contributed by atoms with Crippen molar-refractivity contribution in [3.8, 4) is 0 Å². The SMILES string of the molecule is Cc1n[nH]c(C)c1CN(C)S(=O)(=O)c1cccc2ccccc12. The van der Waals surface area contributed by atoms with Gasteiger partial charge in [0.25, 0.3) is 0 Å². The molecule has 5 nitrogen and oxygen atoms in total. The molecule has 0 atom stereocenters. The van der Waals surface area contributed by atoms with Gasteiger partial charge in [-0.15, -0.1) is 0 Å². The molecule has 1 aromatic heterocycles. The van der Waals surface area contributed by atoms with Gasteiger partial charge in [-0.25, -0.2) is 8.42 Å². The highest BCUT2D eigenvalue weighted by Crippen LogP contribution is 2.26. The Labute approximate surface area is 136 Å². The van der Waals surface area contributed by atoms with Crippen molar-refractivity contribution >= 4 is 20.8 Å². The third kappa shape index (κ3) is 2.75. The summed E-state index contributed by atoms with van der Waals surface area (Å²) >= 11 is 0. The molecule has 0 aliphatic carbocycles. The number of nitrogens with zero attached hydrogens (tertiary/aromatic N) is 2. The normalized spacial score (nSPS) is 12.2. The molecule has 1 heterocycles. The number of hydrogen-bond acceptors (Lipinski definition) is 3. The second-order valence-electron chi connectivity index (χ2n) is 5.65. The lowest BCUT2D eigenvalue weighted by atomic mass is 10.1. The van der Waals surface area contributed by atoms with E-state index in [0.717, 1.165) is 27.7 Å². The first-order chi connectivity index (χ1) is 10.9. The first kappa shape index (κ1) is 15.7. The second kappa shape index (κ2) is 5.79. The quantitative estimate of drug-likeness (QED) is 0.800. The monoisotopic (exact) mass is 329 g/mol. The topological polar surface area (TPSA) is 66.1 Å². The van der Waals surface area contributed by atoms with Gasteiger partial charge in [0.2, 0.25) is 10.0 Å². The van der Waals surface area contributed by atoms with Gasteiger partial charge in [0.1, 0.15) is 0 Å². The zero-order chi connectivity index (χ0) is 16.6. The number of aromatic nitrogens is 2. The molecule has 1 N–H and O–H groups in total. The number of aromatic amines is 1. The summed E-state index contributed by atoms with van der Waals surface area (Å²) in [4.78, 5) is 0.330. The molecule has 3 aromatic rings. The molecule has 6 heteroatoms. The summed E-state index contributed by atoms with van der Waals surface area (Å²) in [5.41, 5.74) is 2.63. The van der Waals surface area contributed by atoms with Crippen LogP contribution in [0.3, 0.4) is 0 Å². The third-order valence-corrected chi connectivity index (χ3v) is 5.96. The van der Waals surface area contributed by atoms with Gasteiger partial charge in [0.15, 0.2) is 0 Å². The smallest absolute Gasteiger partial charge is 0.243 e. The van der Waals surface area contributed by atoms with Crippen LogP contribution in [0.25, 0.3) is 10.8 Å². The first-order valence-corrected chi connectivity index (χ1v) is 8.80. The summed E-state index contributed by atoms with van der Waals surface area (Å²) < 4.78 is 27.4. The Morgan fingerprint density at radius 1 is 1.09 bits per heavy atom. The van der Waals surface area contributed by atoms with Gasteiger partial charge in [-0.05, 0) is 25.3 Å². The molecule has 0 unspecified atom stereocenters. The standard InChI is InChI=1S/C17H19N3O2S/c1-12-16(13(2)19-18-12)11-20(3)23(21,22)17-10-6-8-14-7-4-5-9-15(14)17/h4-10H,11H2,1-3H3,(H,18,19). The van der Waals surface area contributed by atoms with E-state index >= 15 is 0 Å². The maximum Gasteiger partial charge on any atom is 0.243 e. The van der Waals surface area contributed by atoms with E-state index in [1.807, 2.05) is 44.2 Å². The average Bonchev–Trinajstić information content (AvgIpc) is 2.86. The van der Waals surface area contributed by atoms with Gasteiger partial charge >= 0.3 is 0 Å². The minimum Gasteiger partial charge on any atom is -0.282 e. The van der Waals surface area contributed by atoms with Crippen LogP contribution in [-0.4, -0.2) is 30.0 Å². The highest BCUT2D eigenvalue weighted by atomic mass is 32.2. The number of sulfonamides is 1. The highest BCUT2D eigenvalue weighted by molar-refractivity contribution is 7.89. The number of H-pyrrole nitrogens is 1. The number of benzene rings is 2. The lowest BCUT2D eigenvalue weighted by Gasteiger charge is -2.18. The van der Waals surface area contributed by atoms with E-state index < -0.39 is 10.0 Å². The van der Waals surface area contributed by atoms with Crippen molar-refractivity contribution < 1.29 is 8.42 Å². The van der Waals surface area contributed by atoms with Crippen LogP contribution in [0.4, 0.5) is 0 Å². The van der Waals surface area contributed by atoms with Crippen LogP contribution in [0.15, 0.2) is 47.4 Å². The molecule has 0 fully saturated rings. The van der Waals surface area contributed by atoms with E-state index in [1.165, 1.54) is 4.31 Å². The van der Waals surface area contributed by atoms with Crippen LogP contribution in [0, 0.1) is 13.8 Å². The Kier molecular flexibility index (Phi) is 3.95. The van der Waals surface area contributed by atoms with E-state index in [0.29, 0.717) is 11.4 Å². The van der Waals surface area contributed by atoms with E-state index in [1.54, 1.807) is 19.2 Å². The molecular formula is C17H19N3O2S. The average molecular weight is 329 g/mol. The molecule has 0 amide bonds. The fourth-order valence-electron chi connectivity index (χ4n) is 2.70. The predicted octanol–water partition coefficient (Wildman–Crippen LogP) is 3.00. The molecule has 0 aliphatic rings. The molecule has 0 saturated carbocycles. The molecule has 23 heavy (non-hydrogen) atoms. The summed E-state index contributed by atoms with van der Waals surface area (Å²) in [6, 6.07) is 12.9. The maximum absolute atomic E-state index is 13.0. The number of nitrogens with one attached hydrogen (secondary N) is 1. The van der Waals surface area contributed by atoms with Gasteiger partial charge in [0, 0.05) is 30.2 Å². The summed E-state index contributed by atoms with van der Waals surface area (Å²) in [5, 5.41) is 8.67. The van der Waals surface area contributed by atoms with Crippen LogP contribution >= 0.6 is 0 Å². The summed E-state index contributed by atoms with van der Waals surface area (Å²) in [6.45, 7) is 4.06. The molecular weight excluding hydrogens is 310 g/mol. The minimum atomic E-state index is -3.58. The highest BCUT2D eigenvalue weighted by Gasteiger charge is 2.24. The first-order valence-electron chi connectivity index (χ1n) is 7.36. The Balaban J connectivity index is 2.03. The lowest BCUT2D eigenvalue weighted by molar-refractivity contribution is 0.466. The summed E-state index contributed by atoms with van der Waals surface area (Å²) in [5.74, 6) is 0. The third-order valence-electron chi connectivity index (χ3n) is 4.10. The Hall–Kier alpha value is -2.18. The molecule has 0 bridgehead atoms. The molecule has 3 rings (SSSR count). The molecule has 2 aromatic carbocycles. The van der Waals surface area contributed by atoms with Crippen LogP contribution in [-0.2, 0) is 16.6 Å². The van der Waals surface area contributed by atoms with Gasteiger partial charge in [-0.2, -0.15) is 9.40 Å². The van der Waals surface area contributed by atoms with Crippen LogP contribution in [0.2, 0.25) is 0 Å². The maximum atomic E-state index is 13.0. The number of aryl methyl sites for hydroxylation is 2. The second-order valence-corrected chi connectivity index (χ2v) is 7.66. The largest absolute Gasteiger partial charge is 0.282 e. The molecule has 120 valence electrons. The van der Waals surface area contributed by atoms with Crippen molar-refractivity contribution in [2.24, 2.45) is 0 Å². The molecule has 0 radical (unpaired) electrons. The van der Waals surface area contributed by atoms with Crippen LogP contribution in [0.1, 0.15) is 17.0 Å². The Bertz CT molecular complexity index is 936. The molecule has 0 saturated heterocycles. The zero-order valence-electron chi connectivity index (χ0n) is 13.4. The number of hydrogen-bond donors (Lipinski definition) is 1. The van der Waals surface area contributed by atoms with E-state index in [-0.39, 0.29) is 0 Å². The fourth-order valence-corrected chi connectivity index (χ4v) is 4.05. The van der Waals surface area contributed by atoms with Crippen LogP contribution in [0.5, 0.6) is 0 Å². The van der Waals surface area contributed by atoms with Crippen molar-refractivity contribution in [3.63, 3.8) is 0 Å². The Morgan fingerprint density at radius 3 is 2.48 bits per heavy atom. The van der Waals surface area contributed by atoms with Gasteiger partial charge in [-0.1, -0.05) is 36.4 Å².